The van der Waals surface area contributed by atoms with Crippen molar-refractivity contribution in [1.82, 2.24) is 0 Å². The Balaban J connectivity index is 2.26. The largest absolute Gasteiger partial charge is 0.396 e. The van der Waals surface area contributed by atoms with Crippen LogP contribution < -0.4 is 11.1 Å². The van der Waals surface area contributed by atoms with Crippen molar-refractivity contribution in [2.75, 3.05) is 11.1 Å². The summed E-state index contributed by atoms with van der Waals surface area (Å²) in [5.74, 6) is -1.90. The van der Waals surface area contributed by atoms with Gasteiger partial charge in [0.1, 0.15) is 11.6 Å². The summed E-state index contributed by atoms with van der Waals surface area (Å²) >= 11 is 0. The number of hydrogen-bond acceptors (Lipinski definition) is 2. The van der Waals surface area contributed by atoms with Crippen LogP contribution in [0.4, 0.5) is 20.2 Å². The summed E-state index contributed by atoms with van der Waals surface area (Å²) in [7, 11) is 0. The van der Waals surface area contributed by atoms with Gasteiger partial charge in [-0.2, -0.15) is 0 Å². The van der Waals surface area contributed by atoms with Crippen LogP contribution in [0, 0.1) is 11.6 Å². The molecule has 3 nitrogen and oxygen atoms in total. The second kappa shape index (κ2) is 9.32. The minimum Gasteiger partial charge on any atom is -0.396 e. The standard InChI is InChI=1S/C16H24F2N2O/c1-2-3-4-5-6-7-8-9-16(21)20-15-11-14(19)12(17)10-13(15)18/h10-11H,2-9,19H2,1H3,(H,20,21). The first kappa shape index (κ1) is 17.4. The molecule has 0 fully saturated rings. The highest BCUT2D eigenvalue weighted by molar-refractivity contribution is 5.91. The molecular formula is C16H24F2N2O. The van der Waals surface area contributed by atoms with E-state index in [1.54, 1.807) is 0 Å². The van der Waals surface area contributed by atoms with Gasteiger partial charge < -0.3 is 11.1 Å². The number of nitrogen functional groups attached to an aromatic ring is 1. The lowest BCUT2D eigenvalue weighted by Gasteiger charge is -2.08. The molecule has 1 rings (SSSR count). The smallest absolute Gasteiger partial charge is 0.224 e. The molecule has 0 unspecified atom stereocenters. The maximum Gasteiger partial charge on any atom is 0.224 e. The number of benzene rings is 1. The van der Waals surface area contributed by atoms with Crippen molar-refractivity contribution in [3.05, 3.63) is 23.8 Å². The molecule has 5 heteroatoms. The highest BCUT2D eigenvalue weighted by Crippen LogP contribution is 2.21. The maximum atomic E-state index is 13.4. The van der Waals surface area contributed by atoms with E-state index in [0.717, 1.165) is 25.3 Å². The number of halogens is 2. The third kappa shape index (κ3) is 6.56. The van der Waals surface area contributed by atoms with Crippen LogP contribution in [0.5, 0.6) is 0 Å². The minimum absolute atomic E-state index is 0.0677. The van der Waals surface area contributed by atoms with Gasteiger partial charge in [0, 0.05) is 12.5 Å². The summed E-state index contributed by atoms with van der Waals surface area (Å²) in [5, 5.41) is 2.43. The van der Waals surface area contributed by atoms with Crippen LogP contribution in [0.3, 0.4) is 0 Å². The normalized spacial score (nSPS) is 10.6. The molecule has 0 atom stereocenters. The van der Waals surface area contributed by atoms with Gasteiger partial charge in [-0.3, -0.25) is 4.79 Å². The van der Waals surface area contributed by atoms with Gasteiger partial charge in [0.2, 0.25) is 5.91 Å². The van der Waals surface area contributed by atoms with E-state index in [1.807, 2.05) is 0 Å². The number of carbonyl (C=O) groups is 1. The maximum absolute atomic E-state index is 13.4. The second-order valence-corrected chi connectivity index (χ2v) is 5.27. The highest BCUT2D eigenvalue weighted by atomic mass is 19.1. The molecule has 0 saturated carbocycles. The summed E-state index contributed by atoms with van der Waals surface area (Å²) < 4.78 is 26.4. The van der Waals surface area contributed by atoms with Gasteiger partial charge in [-0.05, 0) is 12.5 Å². The summed E-state index contributed by atoms with van der Waals surface area (Å²) in [6.45, 7) is 2.17. The zero-order chi connectivity index (χ0) is 15.7. The fourth-order valence-corrected chi connectivity index (χ4v) is 2.12. The molecule has 0 aliphatic heterocycles. The van der Waals surface area contributed by atoms with E-state index in [4.69, 9.17) is 5.73 Å². The monoisotopic (exact) mass is 298 g/mol. The number of rotatable bonds is 9. The first-order chi connectivity index (χ1) is 10.0. The number of nitrogens with one attached hydrogen (secondary N) is 1. The molecule has 1 aromatic carbocycles. The van der Waals surface area contributed by atoms with Crippen LogP contribution in [-0.4, -0.2) is 5.91 Å². The van der Waals surface area contributed by atoms with Crippen molar-refractivity contribution in [1.29, 1.82) is 0 Å². The van der Waals surface area contributed by atoms with Gasteiger partial charge >= 0.3 is 0 Å². The van der Waals surface area contributed by atoms with Crippen molar-refractivity contribution in [2.45, 2.75) is 58.3 Å². The molecule has 21 heavy (non-hydrogen) atoms. The van der Waals surface area contributed by atoms with Crippen LogP contribution >= 0.6 is 0 Å². The Morgan fingerprint density at radius 3 is 2.33 bits per heavy atom. The Morgan fingerprint density at radius 1 is 1.05 bits per heavy atom. The zero-order valence-electron chi connectivity index (χ0n) is 12.6. The third-order valence-electron chi connectivity index (χ3n) is 3.37. The predicted molar refractivity (Wildman–Crippen MR) is 82.0 cm³/mol. The second-order valence-electron chi connectivity index (χ2n) is 5.27. The summed E-state index contributed by atoms with van der Waals surface area (Å²) in [6, 6.07) is 1.78. The van der Waals surface area contributed by atoms with Gasteiger partial charge in [0.25, 0.3) is 0 Å². The minimum atomic E-state index is -0.822. The Hall–Kier alpha value is -1.65. The molecule has 0 saturated heterocycles. The number of anilines is 2. The molecule has 0 aromatic heterocycles. The van der Waals surface area contributed by atoms with Crippen LogP contribution in [-0.2, 0) is 4.79 Å². The van der Waals surface area contributed by atoms with E-state index in [2.05, 4.69) is 12.2 Å². The van der Waals surface area contributed by atoms with E-state index in [0.29, 0.717) is 12.5 Å². The first-order valence-corrected chi connectivity index (χ1v) is 7.59. The van der Waals surface area contributed by atoms with Gasteiger partial charge in [0.15, 0.2) is 0 Å². The molecule has 0 bridgehead atoms. The molecule has 118 valence electrons. The fraction of sp³-hybridized carbons (Fsp3) is 0.562. The van der Waals surface area contributed by atoms with Crippen molar-refractivity contribution in [3.63, 3.8) is 0 Å². The van der Waals surface area contributed by atoms with Gasteiger partial charge in [-0.25, -0.2) is 8.78 Å². The lowest BCUT2D eigenvalue weighted by atomic mass is 10.1. The van der Waals surface area contributed by atoms with Crippen molar-refractivity contribution in [3.8, 4) is 0 Å². The third-order valence-corrected chi connectivity index (χ3v) is 3.37. The lowest BCUT2D eigenvalue weighted by molar-refractivity contribution is -0.116. The van der Waals surface area contributed by atoms with Crippen molar-refractivity contribution < 1.29 is 13.6 Å². The number of amides is 1. The van der Waals surface area contributed by atoms with E-state index in [-0.39, 0.29) is 17.3 Å². The Kier molecular flexibility index (Phi) is 7.72. The molecule has 1 aromatic rings. The fourth-order valence-electron chi connectivity index (χ4n) is 2.12. The van der Waals surface area contributed by atoms with E-state index >= 15 is 0 Å². The first-order valence-electron chi connectivity index (χ1n) is 7.59. The summed E-state index contributed by atoms with van der Waals surface area (Å²) in [4.78, 5) is 11.7. The van der Waals surface area contributed by atoms with Crippen LogP contribution in [0.1, 0.15) is 58.3 Å². The predicted octanol–water partition coefficient (Wildman–Crippen LogP) is 4.63. The van der Waals surface area contributed by atoms with E-state index < -0.39 is 11.6 Å². The summed E-state index contributed by atoms with van der Waals surface area (Å²) in [6.07, 6.45) is 8.12. The highest BCUT2D eigenvalue weighted by Gasteiger charge is 2.10. The molecule has 0 aliphatic carbocycles. The Morgan fingerprint density at radius 2 is 1.67 bits per heavy atom. The SMILES string of the molecule is CCCCCCCCCC(=O)Nc1cc(N)c(F)cc1F. The lowest BCUT2D eigenvalue weighted by Crippen LogP contribution is -2.13. The molecule has 0 heterocycles. The van der Waals surface area contributed by atoms with Gasteiger partial charge in [-0.1, -0.05) is 45.4 Å². The van der Waals surface area contributed by atoms with Crippen LogP contribution in [0.25, 0.3) is 0 Å². The van der Waals surface area contributed by atoms with Crippen LogP contribution in [0.2, 0.25) is 0 Å². The molecule has 0 spiro atoms. The molecule has 3 N–H and O–H groups in total. The zero-order valence-corrected chi connectivity index (χ0v) is 12.6. The van der Waals surface area contributed by atoms with Gasteiger partial charge in [0.05, 0.1) is 11.4 Å². The number of unbranched alkanes of at least 4 members (excludes halogenated alkanes) is 6. The van der Waals surface area contributed by atoms with Crippen molar-refractivity contribution >= 4 is 17.3 Å². The van der Waals surface area contributed by atoms with E-state index in [9.17, 15) is 13.6 Å². The van der Waals surface area contributed by atoms with E-state index in [1.165, 1.54) is 25.7 Å². The molecule has 0 radical (unpaired) electrons. The number of hydrogen-bond donors (Lipinski definition) is 2. The molecular weight excluding hydrogens is 274 g/mol. The molecule has 0 aliphatic rings. The quantitative estimate of drug-likeness (QED) is 0.516. The average molecular weight is 298 g/mol. The van der Waals surface area contributed by atoms with Gasteiger partial charge in [-0.15, -0.1) is 0 Å². The average Bonchev–Trinajstić information content (AvgIpc) is 2.44. The Bertz CT molecular complexity index is 464. The van der Waals surface area contributed by atoms with Crippen molar-refractivity contribution in [2.24, 2.45) is 0 Å². The molecule has 1 amide bonds. The summed E-state index contributed by atoms with van der Waals surface area (Å²) in [5.41, 5.74) is 5.11. The Labute approximate surface area is 124 Å². The number of carbonyl (C=O) groups excluding carboxylic acids is 1. The van der Waals surface area contributed by atoms with Crippen LogP contribution in [0.15, 0.2) is 12.1 Å². The number of nitrogens with two attached hydrogens (primary N) is 1. The topological polar surface area (TPSA) is 55.1 Å².